The van der Waals surface area contributed by atoms with Gasteiger partial charge in [-0.25, -0.2) is 8.42 Å². The van der Waals surface area contributed by atoms with E-state index in [1.165, 1.54) is 29.3 Å². The van der Waals surface area contributed by atoms with Gasteiger partial charge in [-0.05, 0) is 43.5 Å². The lowest BCUT2D eigenvalue weighted by atomic mass is 10.1. The summed E-state index contributed by atoms with van der Waals surface area (Å²) in [5.74, 6) is -0.239. The number of hydrogen-bond acceptors (Lipinski definition) is 3. The van der Waals surface area contributed by atoms with Crippen molar-refractivity contribution in [3.8, 4) is 0 Å². The highest BCUT2D eigenvalue weighted by atomic mass is 35.5. The third-order valence-corrected chi connectivity index (χ3v) is 4.44. The molecule has 2 aromatic rings. The van der Waals surface area contributed by atoms with Crippen LogP contribution in [0.5, 0.6) is 0 Å². The number of nitrogens with one attached hydrogen (secondary N) is 2. The Balaban J connectivity index is 1.87. The van der Waals surface area contributed by atoms with Crippen molar-refractivity contribution in [2.75, 3.05) is 17.5 Å². The Kier molecular flexibility index (Phi) is 6.45. The number of halogens is 1. The molecule has 0 bridgehead atoms. The molecule has 0 heterocycles. The lowest BCUT2D eigenvalue weighted by molar-refractivity contribution is 0.0953. The summed E-state index contributed by atoms with van der Waals surface area (Å²) < 4.78 is 24.8. The van der Waals surface area contributed by atoms with E-state index in [-0.39, 0.29) is 16.6 Å². The summed E-state index contributed by atoms with van der Waals surface area (Å²) in [6.45, 7) is 2.60. The number of amides is 1. The molecule has 0 aliphatic rings. The van der Waals surface area contributed by atoms with E-state index in [1.54, 1.807) is 0 Å². The maximum atomic E-state index is 12.2. The minimum absolute atomic E-state index is 0.179. The van der Waals surface area contributed by atoms with Crippen molar-refractivity contribution in [2.24, 2.45) is 0 Å². The molecule has 0 aliphatic carbocycles. The molecule has 1 amide bonds. The third kappa shape index (κ3) is 6.40. The van der Waals surface area contributed by atoms with Gasteiger partial charge in [-0.3, -0.25) is 9.52 Å². The summed E-state index contributed by atoms with van der Waals surface area (Å²) in [5, 5.41) is 3.02. The van der Waals surface area contributed by atoms with Crippen LogP contribution in [-0.4, -0.2) is 27.1 Å². The molecule has 0 atom stereocenters. The predicted molar refractivity (Wildman–Crippen MR) is 102 cm³/mol. The Hall–Kier alpha value is -2.05. The van der Waals surface area contributed by atoms with Crippen LogP contribution in [0.3, 0.4) is 0 Å². The molecule has 0 unspecified atom stereocenters. The fraction of sp³-hybridized carbons (Fsp3) is 0.278. The molecule has 0 aliphatic heterocycles. The summed E-state index contributed by atoms with van der Waals surface area (Å²) >= 11 is 6.03. The van der Waals surface area contributed by atoms with Gasteiger partial charge in [0.1, 0.15) is 0 Å². The van der Waals surface area contributed by atoms with Crippen molar-refractivity contribution in [3.63, 3.8) is 0 Å². The summed E-state index contributed by atoms with van der Waals surface area (Å²) in [7, 11) is -3.41. The zero-order chi connectivity index (χ0) is 18.4. The van der Waals surface area contributed by atoms with E-state index < -0.39 is 10.0 Å². The van der Waals surface area contributed by atoms with Crippen LogP contribution >= 0.6 is 11.6 Å². The average Bonchev–Trinajstić information content (AvgIpc) is 2.52. The molecule has 0 radical (unpaired) electrons. The molecule has 0 saturated carbocycles. The number of sulfonamides is 1. The van der Waals surface area contributed by atoms with Crippen LogP contribution in [0, 0.1) is 6.92 Å². The van der Waals surface area contributed by atoms with Gasteiger partial charge in [-0.15, -0.1) is 0 Å². The van der Waals surface area contributed by atoms with Gasteiger partial charge < -0.3 is 5.32 Å². The average molecular weight is 381 g/mol. The van der Waals surface area contributed by atoms with Gasteiger partial charge in [0.05, 0.1) is 17.0 Å². The Morgan fingerprint density at radius 3 is 2.56 bits per heavy atom. The van der Waals surface area contributed by atoms with Crippen LogP contribution < -0.4 is 10.0 Å². The second kappa shape index (κ2) is 8.36. The van der Waals surface area contributed by atoms with Gasteiger partial charge in [0.15, 0.2) is 0 Å². The molecule has 0 saturated heterocycles. The first-order valence-corrected chi connectivity index (χ1v) is 10.1. The van der Waals surface area contributed by atoms with E-state index in [0.717, 1.165) is 19.1 Å². The summed E-state index contributed by atoms with van der Waals surface area (Å²) in [6, 6.07) is 12.7. The molecule has 5 nitrogen and oxygen atoms in total. The summed E-state index contributed by atoms with van der Waals surface area (Å²) in [4.78, 5) is 12.2. The summed E-state index contributed by atoms with van der Waals surface area (Å²) in [5.41, 5.74) is 3.10. The number of carbonyl (C=O) groups excluding carboxylic acids is 1. The smallest absolute Gasteiger partial charge is 0.251 e. The Morgan fingerprint density at radius 2 is 1.92 bits per heavy atom. The van der Waals surface area contributed by atoms with Gasteiger partial charge in [-0.1, -0.05) is 41.4 Å². The fourth-order valence-corrected chi connectivity index (χ4v) is 3.26. The molecule has 0 spiro atoms. The maximum absolute atomic E-state index is 12.2. The second-order valence-corrected chi connectivity index (χ2v) is 8.07. The van der Waals surface area contributed by atoms with Crippen molar-refractivity contribution in [2.45, 2.75) is 19.8 Å². The Morgan fingerprint density at radius 1 is 1.16 bits per heavy atom. The standard InChI is InChI=1S/C18H21ClN2O3S/c1-13-5-3-6-14(11-13)7-4-10-20-18(22)15-8-9-17(16(19)12-15)21-25(2,23)24/h3,5-6,8-9,11-12,21H,4,7,10H2,1-2H3,(H,20,22). The Labute approximate surface area is 153 Å². The molecule has 2 rings (SSSR count). The molecule has 0 aromatic heterocycles. The first-order valence-electron chi connectivity index (χ1n) is 7.86. The number of carbonyl (C=O) groups is 1. The molecule has 25 heavy (non-hydrogen) atoms. The zero-order valence-electron chi connectivity index (χ0n) is 14.2. The van der Waals surface area contributed by atoms with E-state index in [1.807, 2.05) is 6.07 Å². The number of rotatable bonds is 7. The third-order valence-electron chi connectivity index (χ3n) is 3.54. The van der Waals surface area contributed by atoms with E-state index >= 15 is 0 Å². The van der Waals surface area contributed by atoms with Crippen molar-refractivity contribution in [3.05, 3.63) is 64.2 Å². The quantitative estimate of drug-likeness (QED) is 0.723. The van der Waals surface area contributed by atoms with Gasteiger partial charge in [-0.2, -0.15) is 0 Å². The minimum Gasteiger partial charge on any atom is -0.352 e. The molecule has 0 fully saturated rings. The van der Waals surface area contributed by atoms with Gasteiger partial charge in [0.25, 0.3) is 5.91 Å². The minimum atomic E-state index is -3.41. The van der Waals surface area contributed by atoms with Crippen molar-refractivity contribution < 1.29 is 13.2 Å². The zero-order valence-corrected chi connectivity index (χ0v) is 15.7. The van der Waals surface area contributed by atoms with Crippen molar-refractivity contribution in [1.29, 1.82) is 0 Å². The Bertz CT molecular complexity index is 866. The fourth-order valence-electron chi connectivity index (χ4n) is 2.40. The van der Waals surface area contributed by atoms with Crippen LogP contribution in [0.2, 0.25) is 5.02 Å². The number of hydrogen-bond donors (Lipinski definition) is 2. The SMILES string of the molecule is Cc1cccc(CCCNC(=O)c2ccc(NS(C)(=O)=O)c(Cl)c2)c1. The molecule has 2 N–H and O–H groups in total. The van der Waals surface area contributed by atoms with E-state index in [4.69, 9.17) is 11.6 Å². The largest absolute Gasteiger partial charge is 0.352 e. The second-order valence-electron chi connectivity index (χ2n) is 5.92. The highest BCUT2D eigenvalue weighted by Gasteiger charge is 2.11. The highest BCUT2D eigenvalue weighted by Crippen LogP contribution is 2.23. The van der Waals surface area contributed by atoms with Crippen molar-refractivity contribution >= 4 is 33.2 Å². The van der Waals surface area contributed by atoms with Crippen LogP contribution in [-0.2, 0) is 16.4 Å². The highest BCUT2D eigenvalue weighted by molar-refractivity contribution is 7.92. The number of benzene rings is 2. The van der Waals surface area contributed by atoms with E-state index in [0.29, 0.717) is 12.1 Å². The van der Waals surface area contributed by atoms with Crippen LogP contribution in [0.1, 0.15) is 27.9 Å². The molecule has 2 aromatic carbocycles. The predicted octanol–water partition coefficient (Wildman–Crippen LogP) is 3.38. The molecular weight excluding hydrogens is 360 g/mol. The lowest BCUT2D eigenvalue weighted by Gasteiger charge is -2.09. The maximum Gasteiger partial charge on any atom is 0.251 e. The number of anilines is 1. The van der Waals surface area contributed by atoms with E-state index in [2.05, 4.69) is 35.2 Å². The molecule has 134 valence electrons. The van der Waals surface area contributed by atoms with Crippen LogP contribution in [0.4, 0.5) is 5.69 Å². The lowest BCUT2D eigenvalue weighted by Crippen LogP contribution is -2.24. The first kappa shape index (κ1) is 19.3. The number of aryl methyl sites for hydroxylation is 2. The van der Waals surface area contributed by atoms with Gasteiger partial charge in [0, 0.05) is 12.1 Å². The molecular formula is C18H21ClN2O3S. The van der Waals surface area contributed by atoms with E-state index in [9.17, 15) is 13.2 Å². The first-order chi connectivity index (χ1) is 11.7. The summed E-state index contributed by atoms with van der Waals surface area (Å²) in [6.07, 6.45) is 2.76. The van der Waals surface area contributed by atoms with Crippen LogP contribution in [0.15, 0.2) is 42.5 Å². The van der Waals surface area contributed by atoms with Crippen molar-refractivity contribution in [1.82, 2.24) is 5.32 Å². The monoisotopic (exact) mass is 380 g/mol. The normalized spacial score (nSPS) is 11.2. The van der Waals surface area contributed by atoms with Gasteiger partial charge in [0.2, 0.25) is 10.0 Å². The van der Waals surface area contributed by atoms with Gasteiger partial charge >= 0.3 is 0 Å². The van der Waals surface area contributed by atoms with Crippen LogP contribution in [0.25, 0.3) is 0 Å². The topological polar surface area (TPSA) is 75.3 Å². The molecule has 7 heteroatoms.